The predicted octanol–water partition coefficient (Wildman–Crippen LogP) is 4.35. The summed E-state index contributed by atoms with van der Waals surface area (Å²) in [6.45, 7) is 2.05. The zero-order chi connectivity index (χ0) is 29.0. The van der Waals surface area contributed by atoms with E-state index < -0.39 is 58.1 Å². The predicted molar refractivity (Wildman–Crippen MR) is 148 cm³/mol. The molecular weight excluding hydrogens is 541 g/mol. The molecule has 0 aromatic rings. The molecule has 0 aliphatic rings. The first-order valence-electron chi connectivity index (χ1n) is 13.8. The maximum absolute atomic E-state index is 12.7. The van der Waals surface area contributed by atoms with Crippen molar-refractivity contribution in [2.45, 2.75) is 134 Å². The van der Waals surface area contributed by atoms with Gasteiger partial charge in [-0.15, -0.1) is 0 Å². The second-order valence-corrected chi connectivity index (χ2v) is 11.5. The third-order valence-electron chi connectivity index (χ3n) is 6.60. The Bertz CT molecular complexity index is 822. The molecule has 223 valence electrons. The fourth-order valence-electron chi connectivity index (χ4n) is 4.38. The quantitative estimate of drug-likeness (QED) is 0.0678. The van der Waals surface area contributed by atoms with Gasteiger partial charge in [0.2, 0.25) is 5.91 Å². The number of carbonyl (C=O) groups excluding carboxylic acids is 1. The van der Waals surface area contributed by atoms with Crippen LogP contribution in [0.4, 0.5) is 0 Å². The molecule has 0 aromatic heterocycles. The largest absolute Gasteiger partial charge is 0.481 e. The van der Waals surface area contributed by atoms with Gasteiger partial charge in [0.1, 0.15) is 6.04 Å². The summed E-state index contributed by atoms with van der Waals surface area (Å²) < 4.78 is 31.8. The molecule has 0 rings (SSSR count). The van der Waals surface area contributed by atoms with Crippen molar-refractivity contribution in [3.8, 4) is 0 Å². The van der Waals surface area contributed by atoms with Crippen LogP contribution >= 0.6 is 0 Å². The third kappa shape index (κ3) is 20.3. The van der Waals surface area contributed by atoms with Crippen LogP contribution in [-0.4, -0.2) is 104 Å². The first kappa shape index (κ1) is 39.9. The molecule has 4 N–H and O–H groups in total. The maximum Gasteiger partial charge on any atom is 0.327 e. The van der Waals surface area contributed by atoms with Gasteiger partial charge in [-0.3, -0.25) is 18.9 Å². The number of carboxylic acids is 3. The minimum absolute atomic E-state index is 0. The molecule has 0 spiro atoms. The first-order valence-corrected chi connectivity index (χ1v) is 15.3. The topological polar surface area (TPSA) is 187 Å². The van der Waals surface area contributed by atoms with E-state index in [4.69, 9.17) is 14.8 Å². The van der Waals surface area contributed by atoms with Crippen molar-refractivity contribution in [1.29, 1.82) is 0 Å². The number of unbranched alkanes of at least 4 members (excludes halogenated alkanes) is 15. The second-order valence-electron chi connectivity index (χ2n) is 9.89. The van der Waals surface area contributed by atoms with Crippen LogP contribution < -0.4 is 0 Å². The number of hydrogen-bond acceptors (Lipinski definition) is 6. The van der Waals surface area contributed by atoms with Crippen molar-refractivity contribution in [3.63, 3.8) is 0 Å². The number of hydrogen-bond donors (Lipinski definition) is 4. The number of nitrogens with zero attached hydrogens (tertiary/aromatic N) is 1. The Labute approximate surface area is 255 Å². The molecule has 39 heavy (non-hydrogen) atoms. The van der Waals surface area contributed by atoms with E-state index in [1.165, 1.54) is 64.2 Å². The molecule has 0 aliphatic heterocycles. The normalized spacial score (nSPS) is 12.8. The Morgan fingerprint density at radius 1 is 0.641 bits per heavy atom. The van der Waals surface area contributed by atoms with Gasteiger partial charge >= 0.3 is 17.9 Å². The van der Waals surface area contributed by atoms with Crippen molar-refractivity contribution in [2.75, 3.05) is 6.54 Å². The van der Waals surface area contributed by atoms with E-state index >= 15 is 0 Å². The number of carbonyl (C=O) groups is 4. The zero-order valence-electron chi connectivity index (χ0n) is 23.7. The minimum atomic E-state index is -5.12. The number of aliphatic carboxylic acids is 3. The van der Waals surface area contributed by atoms with Crippen LogP contribution in [-0.2, 0) is 29.3 Å². The Hall–Kier alpha value is -1.21. The molecule has 0 fully saturated rings. The average Bonchev–Trinajstić information content (AvgIpc) is 2.82. The molecule has 0 heterocycles. The van der Waals surface area contributed by atoms with E-state index in [0.717, 1.165) is 25.7 Å². The third-order valence-corrected chi connectivity index (χ3v) is 7.68. The molecular formula is C26H47NNaO10S. The smallest absolute Gasteiger partial charge is 0.327 e. The maximum atomic E-state index is 12.7. The molecule has 2 atom stereocenters. The van der Waals surface area contributed by atoms with Gasteiger partial charge in [-0.1, -0.05) is 103 Å². The number of carboxylic acid groups (broad SMARTS) is 3. The van der Waals surface area contributed by atoms with Gasteiger partial charge < -0.3 is 20.2 Å². The van der Waals surface area contributed by atoms with E-state index in [9.17, 15) is 32.7 Å². The molecule has 1 amide bonds. The summed E-state index contributed by atoms with van der Waals surface area (Å²) >= 11 is 0. The minimum Gasteiger partial charge on any atom is -0.481 e. The van der Waals surface area contributed by atoms with Crippen molar-refractivity contribution in [1.82, 2.24) is 4.90 Å². The molecule has 11 nitrogen and oxygen atoms in total. The fraction of sp³-hybridized carbons (Fsp3) is 0.846. The van der Waals surface area contributed by atoms with E-state index in [0.29, 0.717) is 17.7 Å². The van der Waals surface area contributed by atoms with Crippen LogP contribution in [0.5, 0.6) is 0 Å². The molecule has 13 heteroatoms. The summed E-state index contributed by atoms with van der Waals surface area (Å²) in [5.74, 6) is -6.21. The van der Waals surface area contributed by atoms with Gasteiger partial charge in [0.25, 0.3) is 10.1 Å². The summed E-state index contributed by atoms with van der Waals surface area (Å²) in [6, 6.07) is -1.79. The number of rotatable bonds is 25. The summed E-state index contributed by atoms with van der Waals surface area (Å²) in [7, 11) is -5.12. The van der Waals surface area contributed by atoms with E-state index in [1.54, 1.807) is 0 Å². The molecule has 0 aliphatic carbocycles. The summed E-state index contributed by atoms with van der Waals surface area (Å²) in [5.41, 5.74) is 0. The molecule has 0 saturated carbocycles. The van der Waals surface area contributed by atoms with Gasteiger partial charge in [-0.25, -0.2) is 4.79 Å². The van der Waals surface area contributed by atoms with Crippen LogP contribution in [0.15, 0.2) is 0 Å². The van der Waals surface area contributed by atoms with Crippen molar-refractivity contribution in [3.05, 3.63) is 0 Å². The summed E-state index contributed by atoms with van der Waals surface area (Å²) in [5, 5.41) is 25.0. The number of amides is 1. The van der Waals surface area contributed by atoms with E-state index in [2.05, 4.69) is 6.92 Å². The van der Waals surface area contributed by atoms with Gasteiger partial charge in [0.05, 0.1) is 12.8 Å². The SMILES string of the molecule is CCCCCCCCCCCCCCCCCCN(C(=O)CC(C(=O)O)S(=O)(=O)O)C(CC(=O)O)C(=O)O.[Na]. The standard InChI is InChI=1S/C26H47NO10S.Na/c1-2-3-4-5-6-7-8-9-10-11-12-13-14-15-16-17-18-27(21(25(31)32)19-24(29)30)23(28)20-22(26(33)34)38(35,36)37;/h21-22H,2-20H2,1H3,(H,29,30)(H,31,32)(H,33,34)(H,35,36,37);. The molecule has 2 unspecified atom stereocenters. The summed E-state index contributed by atoms with van der Waals surface area (Å²) in [6.07, 6.45) is 15.7. The van der Waals surface area contributed by atoms with Gasteiger partial charge in [-0.2, -0.15) is 8.42 Å². The average molecular weight is 589 g/mol. The monoisotopic (exact) mass is 588 g/mol. The van der Waals surface area contributed by atoms with Crippen LogP contribution in [0.2, 0.25) is 0 Å². The van der Waals surface area contributed by atoms with E-state index in [1.807, 2.05) is 0 Å². The van der Waals surface area contributed by atoms with Gasteiger partial charge in [0.15, 0.2) is 5.25 Å². The Morgan fingerprint density at radius 2 is 1.03 bits per heavy atom. The Morgan fingerprint density at radius 3 is 1.33 bits per heavy atom. The van der Waals surface area contributed by atoms with Crippen LogP contribution in [0.3, 0.4) is 0 Å². The van der Waals surface area contributed by atoms with Gasteiger partial charge in [-0.05, 0) is 6.42 Å². The fourth-order valence-corrected chi connectivity index (χ4v) is 4.98. The Kier molecular flexibility index (Phi) is 24.1. The van der Waals surface area contributed by atoms with Crippen molar-refractivity contribution < 1.29 is 47.5 Å². The first-order chi connectivity index (χ1) is 17.9. The van der Waals surface area contributed by atoms with Crippen molar-refractivity contribution >= 4 is 63.5 Å². The van der Waals surface area contributed by atoms with Crippen molar-refractivity contribution in [2.24, 2.45) is 0 Å². The van der Waals surface area contributed by atoms with Gasteiger partial charge in [0, 0.05) is 36.1 Å². The van der Waals surface area contributed by atoms with Crippen LogP contribution in [0, 0.1) is 0 Å². The molecule has 1 radical (unpaired) electrons. The van der Waals surface area contributed by atoms with Crippen LogP contribution in [0.1, 0.15) is 122 Å². The zero-order valence-corrected chi connectivity index (χ0v) is 26.5. The molecule has 0 bridgehead atoms. The van der Waals surface area contributed by atoms with E-state index in [-0.39, 0.29) is 36.1 Å². The summed E-state index contributed by atoms with van der Waals surface area (Å²) in [4.78, 5) is 47.3. The molecule has 0 saturated heterocycles. The Balaban J connectivity index is 0. The molecule has 0 aromatic carbocycles. The second kappa shape index (κ2) is 23.5. The van der Waals surface area contributed by atoms with Crippen LogP contribution in [0.25, 0.3) is 0 Å².